The minimum absolute atomic E-state index is 0.0401. The summed E-state index contributed by atoms with van der Waals surface area (Å²) in [5.74, 6) is 0.750. The van der Waals surface area contributed by atoms with Crippen molar-refractivity contribution in [3.05, 3.63) is 106 Å². The third-order valence-corrected chi connectivity index (χ3v) is 5.08. The SMILES string of the molecule is O=[N+]([O-])c1cccc(C2=NNC(c3ccccc3)=C(c3nc4ccccc4[nH]3)C2)c1. The van der Waals surface area contributed by atoms with Crippen LogP contribution in [0, 0.1) is 10.1 Å². The molecule has 2 N–H and O–H groups in total. The van der Waals surface area contributed by atoms with Gasteiger partial charge in [-0.1, -0.05) is 54.6 Å². The van der Waals surface area contributed by atoms with Crippen LogP contribution in [0.4, 0.5) is 5.69 Å². The lowest BCUT2D eigenvalue weighted by atomic mass is 9.96. The number of fused-ring (bicyclic) bond motifs is 1. The van der Waals surface area contributed by atoms with E-state index in [0.717, 1.165) is 33.7 Å². The van der Waals surface area contributed by atoms with Gasteiger partial charge in [0.2, 0.25) is 0 Å². The molecule has 0 unspecified atom stereocenters. The van der Waals surface area contributed by atoms with Gasteiger partial charge in [-0.05, 0) is 17.7 Å². The van der Waals surface area contributed by atoms with Gasteiger partial charge in [0, 0.05) is 29.7 Å². The number of nitro benzene ring substituents is 1. The van der Waals surface area contributed by atoms with Crippen molar-refractivity contribution in [2.75, 3.05) is 0 Å². The van der Waals surface area contributed by atoms with E-state index < -0.39 is 4.92 Å². The minimum Gasteiger partial charge on any atom is -0.338 e. The predicted molar refractivity (Wildman–Crippen MR) is 117 cm³/mol. The molecule has 0 aliphatic carbocycles. The molecule has 1 aliphatic heterocycles. The van der Waals surface area contributed by atoms with Crippen LogP contribution in [0.2, 0.25) is 0 Å². The molecule has 0 fully saturated rings. The number of benzene rings is 3. The van der Waals surface area contributed by atoms with Crippen LogP contribution < -0.4 is 5.43 Å². The lowest BCUT2D eigenvalue weighted by Crippen LogP contribution is -2.19. The van der Waals surface area contributed by atoms with Crippen LogP contribution in [0.15, 0.2) is 84.0 Å². The highest BCUT2D eigenvalue weighted by atomic mass is 16.6. The minimum atomic E-state index is -0.397. The zero-order valence-corrected chi connectivity index (χ0v) is 15.9. The molecule has 7 heteroatoms. The number of allylic oxidation sites excluding steroid dienone is 1. The predicted octanol–water partition coefficient (Wildman–Crippen LogP) is 4.74. The molecule has 0 saturated carbocycles. The summed E-state index contributed by atoms with van der Waals surface area (Å²) < 4.78 is 0. The summed E-state index contributed by atoms with van der Waals surface area (Å²) in [6.07, 6.45) is 0.484. The highest BCUT2D eigenvalue weighted by molar-refractivity contribution is 6.11. The quantitative estimate of drug-likeness (QED) is 0.385. The molecular formula is C23H17N5O2. The number of hydrazone groups is 1. The van der Waals surface area contributed by atoms with Gasteiger partial charge in [-0.15, -0.1) is 0 Å². The molecule has 0 atom stereocenters. The Kier molecular flexibility index (Phi) is 4.33. The zero-order chi connectivity index (χ0) is 20.5. The molecule has 30 heavy (non-hydrogen) atoms. The van der Waals surface area contributed by atoms with E-state index in [9.17, 15) is 10.1 Å². The Morgan fingerprint density at radius 3 is 2.47 bits per heavy atom. The lowest BCUT2D eigenvalue weighted by Gasteiger charge is -2.20. The van der Waals surface area contributed by atoms with Crippen LogP contribution in [-0.2, 0) is 0 Å². The van der Waals surface area contributed by atoms with E-state index in [4.69, 9.17) is 4.98 Å². The molecule has 1 aromatic heterocycles. The zero-order valence-electron chi connectivity index (χ0n) is 15.9. The Morgan fingerprint density at radius 2 is 1.67 bits per heavy atom. The number of nitrogens with zero attached hydrogens (tertiary/aromatic N) is 3. The summed E-state index contributed by atoms with van der Waals surface area (Å²) in [5, 5.41) is 15.7. The highest BCUT2D eigenvalue weighted by Gasteiger charge is 2.23. The topological polar surface area (TPSA) is 96.2 Å². The Bertz CT molecular complexity index is 1290. The van der Waals surface area contributed by atoms with Crippen LogP contribution in [0.3, 0.4) is 0 Å². The maximum atomic E-state index is 11.2. The number of H-pyrrole nitrogens is 1. The Balaban J connectivity index is 1.61. The molecule has 0 radical (unpaired) electrons. The average molecular weight is 395 g/mol. The van der Waals surface area contributed by atoms with Gasteiger partial charge in [-0.25, -0.2) is 4.98 Å². The standard InChI is InChI=1S/C23H17N5O2/c29-28(30)17-10-6-9-16(13-17)21-14-18(22(27-26-21)15-7-2-1-3-8-15)23-24-19-11-4-5-12-20(19)25-23/h1-13,27H,14H2,(H,24,25). The van der Waals surface area contributed by atoms with E-state index in [2.05, 4.69) is 15.5 Å². The summed E-state index contributed by atoms with van der Waals surface area (Å²) in [6.45, 7) is 0. The van der Waals surface area contributed by atoms with Crippen molar-refractivity contribution in [2.45, 2.75) is 6.42 Å². The number of non-ortho nitro benzene ring substituents is 1. The molecule has 0 bridgehead atoms. The largest absolute Gasteiger partial charge is 0.338 e. The molecule has 1 aliphatic rings. The summed E-state index contributed by atoms with van der Waals surface area (Å²) in [6, 6.07) is 24.3. The van der Waals surface area contributed by atoms with E-state index in [1.165, 1.54) is 6.07 Å². The van der Waals surface area contributed by atoms with E-state index in [1.807, 2.05) is 60.7 Å². The van der Waals surface area contributed by atoms with Gasteiger partial charge in [0.1, 0.15) is 5.82 Å². The molecule has 4 aromatic rings. The summed E-state index contributed by atoms with van der Waals surface area (Å²) in [7, 11) is 0. The van der Waals surface area contributed by atoms with Gasteiger partial charge in [0.25, 0.3) is 5.69 Å². The molecule has 0 saturated heterocycles. The van der Waals surface area contributed by atoms with E-state index in [0.29, 0.717) is 17.7 Å². The monoisotopic (exact) mass is 395 g/mol. The molecule has 5 rings (SSSR count). The van der Waals surface area contributed by atoms with E-state index >= 15 is 0 Å². The maximum Gasteiger partial charge on any atom is 0.270 e. The third-order valence-electron chi connectivity index (χ3n) is 5.08. The molecule has 0 amide bonds. The van der Waals surface area contributed by atoms with Gasteiger partial charge < -0.3 is 4.98 Å². The number of nitro groups is 1. The fraction of sp³-hybridized carbons (Fsp3) is 0.0435. The number of hydrogen-bond acceptors (Lipinski definition) is 5. The fourth-order valence-corrected chi connectivity index (χ4v) is 3.59. The first kappa shape index (κ1) is 17.8. The smallest absolute Gasteiger partial charge is 0.270 e. The van der Waals surface area contributed by atoms with Crippen LogP contribution in [0.5, 0.6) is 0 Å². The second-order valence-corrected chi connectivity index (χ2v) is 6.98. The Hall–Kier alpha value is -4.26. The van der Waals surface area contributed by atoms with Crippen LogP contribution >= 0.6 is 0 Å². The van der Waals surface area contributed by atoms with Crippen molar-refractivity contribution in [3.8, 4) is 0 Å². The molecule has 2 heterocycles. The first-order valence-electron chi connectivity index (χ1n) is 9.50. The average Bonchev–Trinajstić information content (AvgIpc) is 3.23. The van der Waals surface area contributed by atoms with Gasteiger partial charge in [0.05, 0.1) is 27.4 Å². The van der Waals surface area contributed by atoms with Gasteiger partial charge in [-0.2, -0.15) is 5.10 Å². The van der Waals surface area contributed by atoms with Gasteiger partial charge >= 0.3 is 0 Å². The Labute approximate surface area is 171 Å². The molecule has 146 valence electrons. The molecule has 7 nitrogen and oxygen atoms in total. The van der Waals surface area contributed by atoms with Gasteiger partial charge in [-0.3, -0.25) is 15.5 Å². The van der Waals surface area contributed by atoms with E-state index in [-0.39, 0.29) is 5.69 Å². The number of rotatable bonds is 4. The van der Waals surface area contributed by atoms with E-state index in [1.54, 1.807) is 12.1 Å². The molecular weight excluding hydrogens is 378 g/mol. The number of imidazole rings is 1. The number of hydrogen-bond donors (Lipinski definition) is 2. The number of nitrogens with one attached hydrogen (secondary N) is 2. The third kappa shape index (κ3) is 3.22. The van der Waals surface area contributed by atoms with Crippen LogP contribution in [0.25, 0.3) is 22.3 Å². The second kappa shape index (κ2) is 7.29. The highest BCUT2D eigenvalue weighted by Crippen LogP contribution is 2.32. The summed E-state index contributed by atoms with van der Waals surface area (Å²) in [4.78, 5) is 19.0. The maximum absolute atomic E-state index is 11.2. The number of aromatic nitrogens is 2. The van der Waals surface area contributed by atoms with Crippen molar-refractivity contribution >= 4 is 33.7 Å². The van der Waals surface area contributed by atoms with Crippen molar-refractivity contribution in [1.29, 1.82) is 0 Å². The van der Waals surface area contributed by atoms with Gasteiger partial charge in [0.15, 0.2) is 0 Å². The molecule has 3 aromatic carbocycles. The van der Waals surface area contributed by atoms with Crippen LogP contribution in [0.1, 0.15) is 23.4 Å². The first-order chi connectivity index (χ1) is 14.7. The second-order valence-electron chi connectivity index (χ2n) is 6.98. The van der Waals surface area contributed by atoms with Crippen molar-refractivity contribution in [3.63, 3.8) is 0 Å². The molecule has 0 spiro atoms. The normalized spacial score (nSPS) is 13.8. The van der Waals surface area contributed by atoms with Crippen molar-refractivity contribution in [2.24, 2.45) is 5.10 Å². The lowest BCUT2D eigenvalue weighted by molar-refractivity contribution is -0.384. The Morgan fingerprint density at radius 1 is 0.900 bits per heavy atom. The number of para-hydroxylation sites is 2. The summed E-state index contributed by atoms with van der Waals surface area (Å²) in [5.41, 5.74) is 9.27. The van der Waals surface area contributed by atoms with Crippen molar-refractivity contribution < 1.29 is 4.92 Å². The first-order valence-corrected chi connectivity index (χ1v) is 9.50. The van der Waals surface area contributed by atoms with Crippen LogP contribution in [-0.4, -0.2) is 20.6 Å². The number of aromatic amines is 1. The fourth-order valence-electron chi connectivity index (χ4n) is 3.59. The summed E-state index contributed by atoms with van der Waals surface area (Å²) >= 11 is 0. The van der Waals surface area contributed by atoms with Crippen molar-refractivity contribution in [1.82, 2.24) is 15.4 Å².